The molecule has 3 N–H and O–H groups in total. The molecule has 0 aromatic heterocycles. The first-order valence-corrected chi connectivity index (χ1v) is 7.44. The van der Waals surface area contributed by atoms with Crippen molar-refractivity contribution in [2.45, 2.75) is 44.4 Å². The fraction of sp³-hybridized carbons (Fsp3) is 0.500. The largest absolute Gasteiger partial charge is 0.416 e. The molecule has 0 spiro atoms. The first-order chi connectivity index (χ1) is 10.8. The quantitative estimate of drug-likeness (QED) is 0.897. The molecule has 1 aromatic carbocycles. The third-order valence-corrected chi connectivity index (χ3v) is 4.14. The Bertz CT molecular complexity index is 614. The van der Waals surface area contributed by atoms with Crippen LogP contribution in [0.5, 0.6) is 0 Å². The van der Waals surface area contributed by atoms with Crippen LogP contribution in [0, 0.1) is 17.2 Å². The highest BCUT2D eigenvalue weighted by molar-refractivity contribution is 5.78. The minimum absolute atomic E-state index is 0.0441. The average molecular weight is 325 g/mol. The Morgan fingerprint density at radius 1 is 1.30 bits per heavy atom. The van der Waals surface area contributed by atoms with Gasteiger partial charge in [-0.05, 0) is 43.4 Å². The van der Waals surface area contributed by atoms with Gasteiger partial charge in [0.25, 0.3) is 0 Å². The molecule has 0 saturated heterocycles. The number of amides is 1. The SMILES string of the molecule is N#Cc1ccc(CNC(=O)C2CCC(N)CC2)c(C(F)(F)F)c1. The predicted octanol–water partition coefficient (Wildman–Crippen LogP) is 2.71. The highest BCUT2D eigenvalue weighted by Crippen LogP contribution is 2.33. The van der Waals surface area contributed by atoms with Gasteiger partial charge < -0.3 is 11.1 Å². The van der Waals surface area contributed by atoms with Gasteiger partial charge in [-0.25, -0.2) is 0 Å². The van der Waals surface area contributed by atoms with Crippen molar-refractivity contribution in [1.82, 2.24) is 5.32 Å². The van der Waals surface area contributed by atoms with Crippen LogP contribution in [0.4, 0.5) is 13.2 Å². The Hall–Kier alpha value is -2.07. The summed E-state index contributed by atoms with van der Waals surface area (Å²) in [5, 5.41) is 11.3. The van der Waals surface area contributed by atoms with Crippen molar-refractivity contribution in [1.29, 1.82) is 5.26 Å². The molecule has 124 valence electrons. The lowest BCUT2D eigenvalue weighted by atomic mass is 9.86. The molecule has 0 bridgehead atoms. The van der Waals surface area contributed by atoms with Crippen LogP contribution in [0.1, 0.15) is 42.4 Å². The van der Waals surface area contributed by atoms with E-state index >= 15 is 0 Å². The van der Waals surface area contributed by atoms with Gasteiger partial charge in [-0.2, -0.15) is 18.4 Å². The third kappa shape index (κ3) is 4.45. The van der Waals surface area contributed by atoms with Gasteiger partial charge in [0, 0.05) is 18.5 Å². The Morgan fingerprint density at radius 3 is 2.52 bits per heavy atom. The first-order valence-electron chi connectivity index (χ1n) is 7.44. The average Bonchev–Trinajstić information content (AvgIpc) is 2.52. The van der Waals surface area contributed by atoms with Crippen LogP contribution < -0.4 is 11.1 Å². The normalized spacial score (nSPS) is 21.5. The van der Waals surface area contributed by atoms with Gasteiger partial charge in [-0.15, -0.1) is 0 Å². The predicted molar refractivity (Wildman–Crippen MR) is 77.9 cm³/mol. The van der Waals surface area contributed by atoms with Crippen LogP contribution in [0.25, 0.3) is 0 Å². The number of carbonyl (C=O) groups is 1. The number of carbonyl (C=O) groups excluding carboxylic acids is 1. The molecule has 1 aromatic rings. The summed E-state index contributed by atoms with van der Waals surface area (Å²) < 4.78 is 39.2. The molecule has 0 atom stereocenters. The van der Waals surface area contributed by atoms with Crippen LogP contribution >= 0.6 is 0 Å². The minimum atomic E-state index is -4.56. The molecule has 1 aliphatic carbocycles. The van der Waals surface area contributed by atoms with Crippen molar-refractivity contribution < 1.29 is 18.0 Å². The maximum absolute atomic E-state index is 13.1. The summed E-state index contributed by atoms with van der Waals surface area (Å²) in [4.78, 5) is 12.1. The standard InChI is InChI=1S/C16H18F3N3O/c17-16(18,19)14-7-10(8-20)1-2-12(14)9-22-15(23)11-3-5-13(21)6-4-11/h1-2,7,11,13H,3-6,9,21H2,(H,22,23). The molecule has 4 nitrogen and oxygen atoms in total. The second-order valence-corrected chi connectivity index (χ2v) is 5.81. The van der Waals surface area contributed by atoms with Crippen LogP contribution in [-0.2, 0) is 17.5 Å². The Balaban J connectivity index is 2.05. The molecule has 1 aliphatic rings. The van der Waals surface area contributed by atoms with Crippen LogP contribution in [0.3, 0.4) is 0 Å². The van der Waals surface area contributed by atoms with Gasteiger partial charge >= 0.3 is 6.18 Å². The molecule has 1 fully saturated rings. The molecular formula is C16H18F3N3O. The van der Waals surface area contributed by atoms with Crippen LogP contribution in [-0.4, -0.2) is 11.9 Å². The van der Waals surface area contributed by atoms with Crippen LogP contribution in [0.15, 0.2) is 18.2 Å². The minimum Gasteiger partial charge on any atom is -0.352 e. The number of nitrogens with two attached hydrogens (primary N) is 1. The highest BCUT2D eigenvalue weighted by atomic mass is 19.4. The first kappa shape index (κ1) is 17.3. The van der Waals surface area contributed by atoms with Crippen molar-refractivity contribution in [3.63, 3.8) is 0 Å². The molecule has 7 heteroatoms. The monoisotopic (exact) mass is 325 g/mol. The van der Waals surface area contributed by atoms with Gasteiger partial charge in [0.05, 0.1) is 17.2 Å². The lowest BCUT2D eigenvalue weighted by Gasteiger charge is -2.25. The number of hydrogen-bond donors (Lipinski definition) is 2. The number of nitrogens with one attached hydrogen (secondary N) is 1. The molecule has 2 rings (SSSR count). The van der Waals surface area contributed by atoms with E-state index in [0.717, 1.165) is 18.9 Å². The summed E-state index contributed by atoms with van der Waals surface area (Å²) in [6, 6.07) is 5.15. The fourth-order valence-electron chi connectivity index (χ4n) is 2.77. The lowest BCUT2D eigenvalue weighted by Crippen LogP contribution is -2.36. The summed E-state index contributed by atoms with van der Waals surface area (Å²) in [6.45, 7) is -0.206. The molecule has 1 saturated carbocycles. The maximum Gasteiger partial charge on any atom is 0.416 e. The summed E-state index contributed by atoms with van der Waals surface area (Å²) in [7, 11) is 0. The van der Waals surface area contributed by atoms with E-state index in [1.807, 2.05) is 0 Å². The van der Waals surface area contributed by atoms with Crippen molar-refractivity contribution in [3.05, 3.63) is 34.9 Å². The molecule has 1 amide bonds. The smallest absolute Gasteiger partial charge is 0.352 e. The topological polar surface area (TPSA) is 78.9 Å². The van der Waals surface area contributed by atoms with E-state index in [9.17, 15) is 18.0 Å². The van der Waals surface area contributed by atoms with Gasteiger partial charge in [0.2, 0.25) is 5.91 Å². The molecule has 0 radical (unpaired) electrons. The zero-order chi connectivity index (χ0) is 17.0. The van der Waals surface area contributed by atoms with E-state index in [1.165, 1.54) is 12.1 Å². The second kappa shape index (κ2) is 7.01. The van der Waals surface area contributed by atoms with E-state index in [2.05, 4.69) is 5.32 Å². The van der Waals surface area contributed by atoms with Gasteiger partial charge in [0.1, 0.15) is 0 Å². The number of halogens is 3. The van der Waals surface area contributed by atoms with Crippen molar-refractivity contribution in [2.75, 3.05) is 0 Å². The zero-order valence-corrected chi connectivity index (χ0v) is 12.5. The van der Waals surface area contributed by atoms with Gasteiger partial charge in [0.15, 0.2) is 0 Å². The summed E-state index contributed by atoms with van der Waals surface area (Å²) in [5.74, 6) is -0.433. The van der Waals surface area contributed by atoms with Crippen molar-refractivity contribution in [3.8, 4) is 6.07 Å². The highest BCUT2D eigenvalue weighted by Gasteiger charge is 2.34. The number of nitriles is 1. The molecule has 0 heterocycles. The van der Waals surface area contributed by atoms with E-state index in [-0.39, 0.29) is 35.5 Å². The third-order valence-electron chi connectivity index (χ3n) is 4.14. The molecular weight excluding hydrogens is 307 g/mol. The summed E-state index contributed by atoms with van der Waals surface area (Å²) >= 11 is 0. The Labute approximate surface area is 132 Å². The van der Waals surface area contributed by atoms with Crippen molar-refractivity contribution in [2.24, 2.45) is 11.7 Å². The van der Waals surface area contributed by atoms with E-state index in [1.54, 1.807) is 6.07 Å². The number of benzene rings is 1. The molecule has 23 heavy (non-hydrogen) atoms. The van der Waals surface area contributed by atoms with E-state index in [0.29, 0.717) is 12.8 Å². The fourth-order valence-corrected chi connectivity index (χ4v) is 2.77. The zero-order valence-electron chi connectivity index (χ0n) is 12.5. The van der Waals surface area contributed by atoms with Crippen LogP contribution in [0.2, 0.25) is 0 Å². The summed E-state index contributed by atoms with van der Waals surface area (Å²) in [6.07, 6.45) is -1.74. The van der Waals surface area contributed by atoms with E-state index < -0.39 is 11.7 Å². The number of hydrogen-bond acceptors (Lipinski definition) is 3. The number of rotatable bonds is 3. The van der Waals surface area contributed by atoms with Crippen molar-refractivity contribution >= 4 is 5.91 Å². The Kier molecular flexibility index (Phi) is 5.26. The number of alkyl halides is 3. The lowest BCUT2D eigenvalue weighted by molar-refractivity contribution is -0.138. The molecule has 0 aliphatic heterocycles. The summed E-state index contributed by atoms with van der Waals surface area (Å²) in [5.41, 5.74) is 4.78. The molecule has 0 unspecified atom stereocenters. The van der Waals surface area contributed by atoms with Gasteiger partial charge in [-0.3, -0.25) is 4.79 Å². The second-order valence-electron chi connectivity index (χ2n) is 5.81. The Morgan fingerprint density at radius 2 is 1.96 bits per heavy atom. The number of nitrogens with zero attached hydrogens (tertiary/aromatic N) is 1. The van der Waals surface area contributed by atoms with E-state index in [4.69, 9.17) is 11.0 Å². The van der Waals surface area contributed by atoms with Gasteiger partial charge in [-0.1, -0.05) is 6.07 Å². The maximum atomic E-state index is 13.1.